The first-order valence-electron chi connectivity index (χ1n) is 5.92. The lowest BCUT2D eigenvalue weighted by molar-refractivity contribution is 0.357. The highest BCUT2D eigenvalue weighted by Crippen LogP contribution is 2.25. The third-order valence-corrected chi connectivity index (χ3v) is 6.94. The van der Waals surface area contributed by atoms with Gasteiger partial charge in [-0.1, -0.05) is 0 Å². The van der Waals surface area contributed by atoms with Crippen molar-refractivity contribution in [3.8, 4) is 0 Å². The summed E-state index contributed by atoms with van der Waals surface area (Å²) < 4.78 is 49.4. The molecule has 0 bridgehead atoms. The number of hydrazine groups is 1. The Morgan fingerprint density at radius 3 is 2.80 bits per heavy atom. The Morgan fingerprint density at radius 2 is 2.20 bits per heavy atom. The highest BCUT2D eigenvalue weighted by molar-refractivity contribution is 7.92. The Hall–Kier alpha value is -1.23. The van der Waals surface area contributed by atoms with E-state index >= 15 is 0 Å². The Balaban J connectivity index is 2.41. The van der Waals surface area contributed by atoms with Crippen LogP contribution >= 0.6 is 0 Å². The molecule has 1 saturated heterocycles. The van der Waals surface area contributed by atoms with Gasteiger partial charge in [-0.05, 0) is 19.1 Å². The van der Waals surface area contributed by atoms with Crippen molar-refractivity contribution in [2.45, 2.75) is 17.9 Å². The number of nitrogens with two attached hydrogens (primary N) is 1. The smallest absolute Gasteiger partial charge is 0.247 e. The van der Waals surface area contributed by atoms with Crippen molar-refractivity contribution in [3.63, 3.8) is 0 Å². The molecule has 1 aliphatic rings. The molecule has 3 N–H and O–H groups in total. The van der Waals surface area contributed by atoms with Crippen LogP contribution in [0.2, 0.25) is 0 Å². The molecule has 0 amide bonds. The Kier molecular flexibility index (Phi) is 4.00. The first-order chi connectivity index (χ1) is 9.28. The van der Waals surface area contributed by atoms with E-state index in [1.54, 1.807) is 6.92 Å². The zero-order valence-electron chi connectivity index (χ0n) is 10.9. The van der Waals surface area contributed by atoms with Gasteiger partial charge in [-0.3, -0.25) is 0 Å². The predicted molar refractivity (Wildman–Crippen MR) is 74.1 cm³/mol. The van der Waals surface area contributed by atoms with Gasteiger partial charge in [0, 0.05) is 18.8 Å². The third kappa shape index (κ3) is 2.77. The number of aromatic nitrogens is 1. The molecule has 1 unspecified atom stereocenters. The van der Waals surface area contributed by atoms with Crippen LogP contribution in [0.5, 0.6) is 0 Å². The van der Waals surface area contributed by atoms with E-state index in [0.29, 0.717) is 0 Å². The molecule has 0 aliphatic carbocycles. The van der Waals surface area contributed by atoms with Crippen LogP contribution in [-0.2, 0) is 19.9 Å². The molecule has 112 valence electrons. The van der Waals surface area contributed by atoms with Crippen molar-refractivity contribution in [2.24, 2.45) is 5.84 Å². The van der Waals surface area contributed by atoms with Crippen molar-refractivity contribution in [1.82, 2.24) is 9.29 Å². The van der Waals surface area contributed by atoms with Gasteiger partial charge in [-0.15, -0.1) is 0 Å². The van der Waals surface area contributed by atoms with Gasteiger partial charge in [0.1, 0.15) is 4.90 Å². The second-order valence-corrected chi connectivity index (χ2v) is 8.66. The van der Waals surface area contributed by atoms with E-state index in [0.717, 1.165) is 0 Å². The van der Waals surface area contributed by atoms with E-state index in [-0.39, 0.29) is 28.8 Å². The van der Waals surface area contributed by atoms with Crippen molar-refractivity contribution in [2.75, 3.05) is 23.5 Å². The SMILES string of the molecule is CC1CS(=O)(=O)CCN1S(=O)(=O)c1cccnc1NN. The molecule has 0 radical (unpaired) electrons. The molecule has 0 spiro atoms. The Bertz CT molecular complexity index is 702. The summed E-state index contributed by atoms with van der Waals surface area (Å²) >= 11 is 0. The minimum absolute atomic E-state index is 0.0353. The van der Waals surface area contributed by atoms with Crippen LogP contribution in [0.3, 0.4) is 0 Å². The van der Waals surface area contributed by atoms with Crippen molar-refractivity contribution in [1.29, 1.82) is 0 Å². The fourth-order valence-corrected chi connectivity index (χ4v) is 5.68. The van der Waals surface area contributed by atoms with Crippen LogP contribution in [0.25, 0.3) is 0 Å². The van der Waals surface area contributed by atoms with Gasteiger partial charge in [0.15, 0.2) is 15.7 Å². The minimum Gasteiger partial charge on any atom is -0.307 e. The maximum atomic E-state index is 12.6. The number of pyridine rings is 1. The monoisotopic (exact) mass is 320 g/mol. The summed E-state index contributed by atoms with van der Waals surface area (Å²) in [5.41, 5.74) is 2.24. The van der Waals surface area contributed by atoms with Crippen LogP contribution < -0.4 is 11.3 Å². The summed E-state index contributed by atoms with van der Waals surface area (Å²) in [6, 6.07) is 2.25. The minimum atomic E-state index is -3.84. The predicted octanol–water partition coefficient (Wildman–Crippen LogP) is -0.825. The second kappa shape index (κ2) is 5.28. The van der Waals surface area contributed by atoms with E-state index in [2.05, 4.69) is 10.4 Å². The normalized spacial score (nSPS) is 23.4. The van der Waals surface area contributed by atoms with Crippen molar-refractivity contribution in [3.05, 3.63) is 18.3 Å². The van der Waals surface area contributed by atoms with E-state index in [4.69, 9.17) is 5.84 Å². The fourth-order valence-electron chi connectivity index (χ4n) is 2.17. The number of nitrogens with one attached hydrogen (secondary N) is 1. The first kappa shape index (κ1) is 15.2. The lowest BCUT2D eigenvalue weighted by Crippen LogP contribution is -2.49. The van der Waals surface area contributed by atoms with Crippen LogP contribution in [0.4, 0.5) is 5.82 Å². The zero-order valence-corrected chi connectivity index (χ0v) is 12.5. The molecule has 1 aromatic rings. The molecule has 2 rings (SSSR count). The summed E-state index contributed by atoms with van der Waals surface area (Å²) in [5, 5.41) is 0. The molecule has 1 aromatic heterocycles. The molecule has 0 saturated carbocycles. The topological polar surface area (TPSA) is 122 Å². The van der Waals surface area contributed by atoms with Gasteiger partial charge in [0.05, 0.1) is 11.5 Å². The number of anilines is 1. The Labute approximate surface area is 117 Å². The number of sulfone groups is 1. The zero-order chi connectivity index (χ0) is 15.0. The van der Waals surface area contributed by atoms with E-state index < -0.39 is 25.9 Å². The lowest BCUT2D eigenvalue weighted by atomic mass is 10.4. The van der Waals surface area contributed by atoms with Crippen LogP contribution in [-0.4, -0.2) is 50.2 Å². The summed E-state index contributed by atoms with van der Waals surface area (Å²) in [4.78, 5) is 3.79. The van der Waals surface area contributed by atoms with Gasteiger partial charge in [-0.25, -0.2) is 27.7 Å². The largest absolute Gasteiger partial charge is 0.307 e. The van der Waals surface area contributed by atoms with E-state index in [9.17, 15) is 16.8 Å². The summed E-state index contributed by atoms with van der Waals surface area (Å²) in [6.07, 6.45) is 1.41. The lowest BCUT2D eigenvalue weighted by Gasteiger charge is -2.32. The number of nitrogens with zero attached hydrogens (tertiary/aromatic N) is 2. The number of nitrogen functional groups attached to an aromatic ring is 1. The summed E-state index contributed by atoms with van der Waals surface area (Å²) in [5.74, 6) is 4.94. The van der Waals surface area contributed by atoms with E-state index in [1.807, 2.05) is 0 Å². The molecule has 1 fully saturated rings. The molecule has 20 heavy (non-hydrogen) atoms. The number of sulfonamides is 1. The maximum absolute atomic E-state index is 12.6. The molecule has 10 heteroatoms. The van der Waals surface area contributed by atoms with Crippen LogP contribution in [0, 0.1) is 0 Å². The van der Waals surface area contributed by atoms with Crippen molar-refractivity contribution < 1.29 is 16.8 Å². The molecule has 1 atom stereocenters. The van der Waals surface area contributed by atoms with Gasteiger partial charge < -0.3 is 5.43 Å². The second-order valence-electron chi connectivity index (χ2n) is 4.57. The van der Waals surface area contributed by atoms with Crippen LogP contribution in [0.1, 0.15) is 6.92 Å². The number of hydrogen-bond acceptors (Lipinski definition) is 7. The molecule has 1 aliphatic heterocycles. The average Bonchev–Trinajstić information content (AvgIpc) is 2.37. The number of rotatable bonds is 3. The molecular formula is C10H16N4O4S2. The molecule has 2 heterocycles. The highest BCUT2D eigenvalue weighted by atomic mass is 32.2. The van der Waals surface area contributed by atoms with Gasteiger partial charge in [0.2, 0.25) is 10.0 Å². The highest BCUT2D eigenvalue weighted by Gasteiger charge is 2.37. The summed E-state index contributed by atoms with van der Waals surface area (Å²) in [6.45, 7) is 1.50. The summed E-state index contributed by atoms with van der Waals surface area (Å²) in [7, 11) is -7.03. The van der Waals surface area contributed by atoms with Crippen LogP contribution in [0.15, 0.2) is 23.2 Å². The standard InChI is InChI=1S/C10H16N4O4S2/c1-8-7-19(15,16)6-5-14(8)20(17,18)9-3-2-4-12-10(9)13-11/h2-4,8H,5-7,11H2,1H3,(H,12,13). The Morgan fingerprint density at radius 1 is 1.50 bits per heavy atom. The van der Waals surface area contributed by atoms with Crippen molar-refractivity contribution >= 4 is 25.7 Å². The molecular weight excluding hydrogens is 304 g/mol. The van der Waals surface area contributed by atoms with Gasteiger partial charge in [0.25, 0.3) is 0 Å². The first-order valence-corrected chi connectivity index (χ1v) is 9.18. The van der Waals surface area contributed by atoms with E-state index in [1.165, 1.54) is 22.6 Å². The fraction of sp³-hybridized carbons (Fsp3) is 0.500. The molecule has 8 nitrogen and oxygen atoms in total. The van der Waals surface area contributed by atoms with Gasteiger partial charge in [-0.2, -0.15) is 4.31 Å². The third-order valence-electron chi connectivity index (χ3n) is 3.10. The molecule has 0 aromatic carbocycles. The van der Waals surface area contributed by atoms with Gasteiger partial charge >= 0.3 is 0 Å². The average molecular weight is 320 g/mol. The quantitative estimate of drug-likeness (QED) is 0.550. The maximum Gasteiger partial charge on any atom is 0.247 e. The number of hydrogen-bond donors (Lipinski definition) is 2.